The third-order valence-electron chi connectivity index (χ3n) is 5.20. The molecule has 2 aromatic rings. The maximum atomic E-state index is 2.46. The molecule has 24 heavy (non-hydrogen) atoms. The van der Waals surface area contributed by atoms with Gasteiger partial charge in [0.25, 0.3) is 0 Å². The summed E-state index contributed by atoms with van der Waals surface area (Å²) in [7, 11) is 0. The fraction of sp³-hybridized carbons (Fsp3) is 0.417. The zero-order chi connectivity index (χ0) is 17.3. The van der Waals surface area contributed by atoms with Gasteiger partial charge < -0.3 is 0 Å². The molecule has 0 heterocycles. The summed E-state index contributed by atoms with van der Waals surface area (Å²) >= 11 is 0. The summed E-state index contributed by atoms with van der Waals surface area (Å²) in [5, 5.41) is 0. The van der Waals surface area contributed by atoms with Gasteiger partial charge in [-0.1, -0.05) is 82.2 Å². The first-order valence-electron chi connectivity index (χ1n) is 9.33. The Balaban J connectivity index is 2.01. The zero-order valence-electron chi connectivity index (χ0n) is 15.9. The van der Waals surface area contributed by atoms with Gasteiger partial charge in [0.1, 0.15) is 0 Å². The van der Waals surface area contributed by atoms with Gasteiger partial charge in [-0.15, -0.1) is 0 Å². The molecule has 3 rings (SSSR count). The van der Waals surface area contributed by atoms with E-state index in [1.165, 1.54) is 52.6 Å². The number of allylic oxidation sites excluding steroid dienone is 1. The van der Waals surface area contributed by atoms with E-state index in [-0.39, 0.29) is 5.41 Å². The first kappa shape index (κ1) is 17.0. The fourth-order valence-corrected chi connectivity index (χ4v) is 3.67. The minimum atomic E-state index is 0.208. The summed E-state index contributed by atoms with van der Waals surface area (Å²) in [5.74, 6) is 0. The Kier molecular flexibility index (Phi) is 4.67. The van der Waals surface area contributed by atoms with Gasteiger partial charge in [0, 0.05) is 0 Å². The monoisotopic (exact) mass is 318 g/mol. The second-order valence-electron chi connectivity index (χ2n) is 8.24. The Bertz CT molecular complexity index is 752. The molecule has 0 fully saturated rings. The highest BCUT2D eigenvalue weighted by Gasteiger charge is 2.19. The normalized spacial score (nSPS) is 13.8. The van der Waals surface area contributed by atoms with Crippen LogP contribution in [-0.4, -0.2) is 0 Å². The van der Waals surface area contributed by atoms with Gasteiger partial charge in [0.05, 0.1) is 0 Å². The largest absolute Gasteiger partial charge is 0.0654 e. The molecule has 0 saturated carbocycles. The predicted octanol–water partition coefficient (Wildman–Crippen LogP) is 7.09. The van der Waals surface area contributed by atoms with Crippen molar-refractivity contribution in [2.24, 2.45) is 0 Å². The minimum absolute atomic E-state index is 0.208. The molecule has 0 aromatic heterocycles. The topological polar surface area (TPSA) is 0 Å². The molecule has 1 aliphatic carbocycles. The van der Waals surface area contributed by atoms with E-state index in [9.17, 15) is 0 Å². The fourth-order valence-electron chi connectivity index (χ4n) is 3.67. The van der Waals surface area contributed by atoms with Gasteiger partial charge >= 0.3 is 0 Å². The molecule has 0 aliphatic heterocycles. The molecule has 126 valence electrons. The second-order valence-corrected chi connectivity index (χ2v) is 8.24. The summed E-state index contributed by atoms with van der Waals surface area (Å²) in [5.41, 5.74) is 10.3. The van der Waals surface area contributed by atoms with Crippen LogP contribution in [0.5, 0.6) is 0 Å². The molecule has 0 nitrogen and oxygen atoms in total. The van der Waals surface area contributed by atoms with E-state index in [2.05, 4.69) is 77.1 Å². The van der Waals surface area contributed by atoms with Crippen LogP contribution in [-0.2, 0) is 11.8 Å². The Hall–Kier alpha value is -1.82. The highest BCUT2D eigenvalue weighted by molar-refractivity contribution is 5.83. The van der Waals surface area contributed by atoms with Crippen LogP contribution in [0.25, 0.3) is 17.2 Å². The van der Waals surface area contributed by atoms with Crippen molar-refractivity contribution in [1.29, 1.82) is 0 Å². The Morgan fingerprint density at radius 3 is 2.29 bits per heavy atom. The van der Waals surface area contributed by atoms with Gasteiger partial charge in [-0.05, 0) is 65.0 Å². The first-order chi connectivity index (χ1) is 11.4. The average molecular weight is 319 g/mol. The van der Waals surface area contributed by atoms with Crippen LogP contribution in [0.2, 0.25) is 0 Å². The number of rotatable bonds is 4. The van der Waals surface area contributed by atoms with Crippen molar-refractivity contribution in [3.8, 4) is 11.1 Å². The van der Waals surface area contributed by atoms with Gasteiger partial charge in [-0.25, -0.2) is 0 Å². The molecule has 0 N–H and O–H groups in total. The van der Waals surface area contributed by atoms with E-state index >= 15 is 0 Å². The minimum Gasteiger partial charge on any atom is -0.0654 e. The summed E-state index contributed by atoms with van der Waals surface area (Å²) in [6.45, 7) is 11.3. The SMILES string of the molecule is CCCCC1=Cc2c(ccc(C)c2-c2ccc(C(C)(C)C)cc2)C1. The molecule has 0 heteroatoms. The van der Waals surface area contributed by atoms with Crippen LogP contribution in [0.4, 0.5) is 0 Å². The van der Waals surface area contributed by atoms with Crippen LogP contribution in [0.3, 0.4) is 0 Å². The van der Waals surface area contributed by atoms with Gasteiger partial charge in [0.2, 0.25) is 0 Å². The van der Waals surface area contributed by atoms with Crippen LogP contribution < -0.4 is 0 Å². The van der Waals surface area contributed by atoms with Crippen molar-refractivity contribution >= 4 is 6.08 Å². The van der Waals surface area contributed by atoms with Crippen LogP contribution in [0, 0.1) is 6.92 Å². The molecule has 0 saturated heterocycles. The molecule has 0 radical (unpaired) electrons. The molecule has 0 atom stereocenters. The third kappa shape index (κ3) is 3.34. The smallest absolute Gasteiger partial charge is 0.00576 e. The molecule has 0 spiro atoms. The van der Waals surface area contributed by atoms with E-state index < -0.39 is 0 Å². The highest BCUT2D eigenvalue weighted by Crippen LogP contribution is 2.38. The van der Waals surface area contributed by atoms with E-state index in [4.69, 9.17) is 0 Å². The predicted molar refractivity (Wildman–Crippen MR) is 107 cm³/mol. The standard InChI is InChI=1S/C24H30/c1-6-7-8-18-15-20-10-9-17(2)23(22(20)16-18)19-11-13-21(14-12-19)24(3,4)5/h9-14,16H,6-8,15H2,1-5H3. The van der Waals surface area contributed by atoms with Crippen molar-refractivity contribution in [2.75, 3.05) is 0 Å². The number of hydrogen-bond donors (Lipinski definition) is 0. The molecule has 0 bridgehead atoms. The Morgan fingerprint density at radius 2 is 1.67 bits per heavy atom. The molecule has 0 unspecified atom stereocenters. The van der Waals surface area contributed by atoms with Gasteiger partial charge in [-0.3, -0.25) is 0 Å². The summed E-state index contributed by atoms with van der Waals surface area (Å²) < 4.78 is 0. The second kappa shape index (κ2) is 6.59. The summed E-state index contributed by atoms with van der Waals surface area (Å²) in [4.78, 5) is 0. The van der Waals surface area contributed by atoms with E-state index in [1.54, 1.807) is 5.57 Å². The lowest BCUT2D eigenvalue weighted by Gasteiger charge is -2.20. The van der Waals surface area contributed by atoms with Gasteiger partial charge in [0.15, 0.2) is 0 Å². The van der Waals surface area contributed by atoms with Crippen molar-refractivity contribution in [2.45, 2.75) is 65.7 Å². The Labute approximate surface area is 147 Å². The average Bonchev–Trinajstić information content (AvgIpc) is 2.95. The first-order valence-corrected chi connectivity index (χ1v) is 9.33. The number of benzene rings is 2. The van der Waals surface area contributed by atoms with Crippen LogP contribution >= 0.6 is 0 Å². The van der Waals surface area contributed by atoms with E-state index in [0.717, 1.165) is 6.42 Å². The number of fused-ring (bicyclic) bond motifs is 1. The molecular formula is C24H30. The molecular weight excluding hydrogens is 288 g/mol. The maximum absolute atomic E-state index is 2.46. The summed E-state index contributed by atoms with van der Waals surface area (Å²) in [6, 6.07) is 13.8. The molecule has 0 amide bonds. The number of hydrogen-bond acceptors (Lipinski definition) is 0. The molecule has 1 aliphatic rings. The van der Waals surface area contributed by atoms with Crippen molar-refractivity contribution in [1.82, 2.24) is 0 Å². The number of unbranched alkanes of at least 4 members (excludes halogenated alkanes) is 1. The lowest BCUT2D eigenvalue weighted by molar-refractivity contribution is 0.590. The lowest BCUT2D eigenvalue weighted by Crippen LogP contribution is -2.10. The van der Waals surface area contributed by atoms with E-state index in [1.807, 2.05) is 0 Å². The maximum Gasteiger partial charge on any atom is -0.00576 e. The van der Waals surface area contributed by atoms with Crippen molar-refractivity contribution < 1.29 is 0 Å². The Morgan fingerprint density at radius 1 is 0.958 bits per heavy atom. The third-order valence-corrected chi connectivity index (χ3v) is 5.20. The highest BCUT2D eigenvalue weighted by atomic mass is 14.2. The van der Waals surface area contributed by atoms with Crippen molar-refractivity contribution in [3.63, 3.8) is 0 Å². The van der Waals surface area contributed by atoms with Gasteiger partial charge in [-0.2, -0.15) is 0 Å². The quantitative estimate of drug-likeness (QED) is 0.564. The van der Waals surface area contributed by atoms with E-state index in [0.29, 0.717) is 0 Å². The van der Waals surface area contributed by atoms with Crippen LogP contribution in [0.1, 0.15) is 69.2 Å². The molecule has 2 aromatic carbocycles. The number of aryl methyl sites for hydroxylation is 1. The van der Waals surface area contributed by atoms with Crippen molar-refractivity contribution in [3.05, 3.63) is 64.2 Å². The lowest BCUT2D eigenvalue weighted by atomic mass is 9.85. The zero-order valence-corrected chi connectivity index (χ0v) is 15.9. The van der Waals surface area contributed by atoms with Crippen LogP contribution in [0.15, 0.2) is 42.0 Å². The summed E-state index contributed by atoms with van der Waals surface area (Å²) in [6.07, 6.45) is 7.42.